The van der Waals surface area contributed by atoms with Gasteiger partial charge in [-0.25, -0.2) is 0 Å². The van der Waals surface area contributed by atoms with Crippen molar-refractivity contribution in [1.29, 1.82) is 0 Å². The molecule has 1 aromatic heterocycles. The lowest BCUT2D eigenvalue weighted by Gasteiger charge is -2.11. The van der Waals surface area contributed by atoms with E-state index in [-0.39, 0.29) is 0 Å². The van der Waals surface area contributed by atoms with E-state index in [2.05, 4.69) is 18.0 Å². The average Bonchev–Trinajstić information content (AvgIpc) is 2.28. The molecule has 0 saturated carbocycles. The first-order chi connectivity index (χ1) is 8.49. The van der Waals surface area contributed by atoms with E-state index >= 15 is 0 Å². The summed E-state index contributed by atoms with van der Waals surface area (Å²) in [4.78, 5) is 15.5. The molecule has 0 atom stereocenters. The summed E-state index contributed by atoms with van der Waals surface area (Å²) in [6, 6.07) is 9.37. The number of aromatic nitrogens is 1. The number of carbonyl (C=O) groups is 1. The van der Waals surface area contributed by atoms with E-state index in [1.807, 2.05) is 26.0 Å². The molecule has 3 heteroatoms. The maximum absolute atomic E-state index is 11.0. The van der Waals surface area contributed by atoms with Gasteiger partial charge in [0.2, 0.25) is 5.91 Å². The number of benzene rings is 1. The highest BCUT2D eigenvalue weighted by Crippen LogP contribution is 2.26. The zero-order valence-corrected chi connectivity index (χ0v) is 10.8. The summed E-state index contributed by atoms with van der Waals surface area (Å²) in [7, 11) is 0. The molecule has 0 fully saturated rings. The fourth-order valence-electron chi connectivity index (χ4n) is 2.26. The van der Waals surface area contributed by atoms with E-state index in [1.54, 1.807) is 12.1 Å². The Kier molecular flexibility index (Phi) is 3.15. The van der Waals surface area contributed by atoms with E-state index < -0.39 is 5.91 Å². The number of rotatable bonds is 2. The second-order valence-electron chi connectivity index (χ2n) is 4.48. The molecule has 0 unspecified atom stereocenters. The second-order valence-corrected chi connectivity index (χ2v) is 4.48. The van der Waals surface area contributed by atoms with Crippen molar-refractivity contribution in [3.8, 4) is 11.1 Å². The van der Waals surface area contributed by atoms with Crippen LogP contribution < -0.4 is 5.73 Å². The fraction of sp³-hybridized carbons (Fsp3) is 0.200. The number of primary amides is 1. The molecule has 0 aliphatic rings. The molecule has 0 radical (unpaired) electrons. The molecule has 0 saturated heterocycles. The van der Waals surface area contributed by atoms with Crippen LogP contribution in [0, 0.1) is 20.8 Å². The monoisotopic (exact) mass is 240 g/mol. The third-order valence-corrected chi connectivity index (χ3v) is 2.98. The lowest BCUT2D eigenvalue weighted by Crippen LogP contribution is -2.10. The van der Waals surface area contributed by atoms with Crippen molar-refractivity contribution < 1.29 is 4.79 Å². The quantitative estimate of drug-likeness (QED) is 0.877. The van der Waals surface area contributed by atoms with E-state index in [1.165, 1.54) is 5.56 Å². The van der Waals surface area contributed by atoms with E-state index in [0.717, 1.165) is 22.5 Å². The third-order valence-electron chi connectivity index (χ3n) is 2.98. The van der Waals surface area contributed by atoms with Gasteiger partial charge in [0, 0.05) is 22.5 Å². The fourth-order valence-corrected chi connectivity index (χ4v) is 2.26. The Morgan fingerprint density at radius 1 is 1.11 bits per heavy atom. The van der Waals surface area contributed by atoms with E-state index in [0.29, 0.717) is 5.56 Å². The molecule has 1 aromatic carbocycles. The highest BCUT2D eigenvalue weighted by molar-refractivity contribution is 5.93. The normalized spacial score (nSPS) is 10.4. The van der Waals surface area contributed by atoms with Gasteiger partial charge in [-0.2, -0.15) is 0 Å². The molecule has 0 bridgehead atoms. The van der Waals surface area contributed by atoms with Gasteiger partial charge >= 0.3 is 0 Å². The van der Waals surface area contributed by atoms with Crippen LogP contribution >= 0.6 is 0 Å². The Bertz CT molecular complexity index is 577. The molecule has 0 spiro atoms. The van der Waals surface area contributed by atoms with Crippen molar-refractivity contribution in [2.75, 3.05) is 0 Å². The number of hydrogen-bond donors (Lipinski definition) is 1. The van der Waals surface area contributed by atoms with Gasteiger partial charge in [0.25, 0.3) is 0 Å². The number of hydrogen-bond acceptors (Lipinski definition) is 2. The van der Waals surface area contributed by atoms with E-state index in [4.69, 9.17) is 5.73 Å². The second kappa shape index (κ2) is 4.61. The number of carbonyl (C=O) groups excluding carboxylic acids is 1. The first kappa shape index (κ1) is 12.3. The topological polar surface area (TPSA) is 56.0 Å². The van der Waals surface area contributed by atoms with Crippen LogP contribution in [0.1, 0.15) is 27.3 Å². The molecule has 3 nitrogen and oxygen atoms in total. The largest absolute Gasteiger partial charge is 0.366 e. The van der Waals surface area contributed by atoms with Crippen LogP contribution in [0.15, 0.2) is 30.3 Å². The minimum atomic E-state index is -0.406. The summed E-state index contributed by atoms with van der Waals surface area (Å²) >= 11 is 0. The van der Waals surface area contributed by atoms with Crippen molar-refractivity contribution in [2.24, 2.45) is 5.73 Å². The number of amides is 1. The lowest BCUT2D eigenvalue weighted by atomic mass is 9.98. The van der Waals surface area contributed by atoms with Gasteiger partial charge in [-0.1, -0.05) is 12.1 Å². The standard InChI is InChI=1S/C15H16N2O/c1-9-8-10(2)17-11(3)14(9)12-4-6-13(7-5-12)15(16)18/h4-8H,1-3H3,(H2,16,18). The number of aryl methyl sites for hydroxylation is 3. The number of nitrogens with two attached hydrogens (primary N) is 1. The van der Waals surface area contributed by atoms with Crippen molar-refractivity contribution in [2.45, 2.75) is 20.8 Å². The van der Waals surface area contributed by atoms with Gasteiger partial charge < -0.3 is 5.73 Å². The molecule has 0 aliphatic heterocycles. The van der Waals surface area contributed by atoms with Crippen LogP contribution in [-0.2, 0) is 0 Å². The van der Waals surface area contributed by atoms with Crippen LogP contribution in [-0.4, -0.2) is 10.9 Å². The molecule has 18 heavy (non-hydrogen) atoms. The Labute approximate surface area is 107 Å². The van der Waals surface area contributed by atoms with Gasteiger partial charge in [0.15, 0.2) is 0 Å². The predicted octanol–water partition coefficient (Wildman–Crippen LogP) is 2.77. The Hall–Kier alpha value is -2.16. The highest BCUT2D eigenvalue weighted by atomic mass is 16.1. The van der Waals surface area contributed by atoms with Crippen LogP contribution in [0.5, 0.6) is 0 Å². The molecule has 2 aromatic rings. The van der Waals surface area contributed by atoms with Crippen LogP contribution in [0.4, 0.5) is 0 Å². The first-order valence-corrected chi connectivity index (χ1v) is 5.84. The first-order valence-electron chi connectivity index (χ1n) is 5.84. The van der Waals surface area contributed by atoms with Gasteiger partial charge in [-0.05, 0) is 50.1 Å². The summed E-state index contributed by atoms with van der Waals surface area (Å²) in [5, 5.41) is 0. The van der Waals surface area contributed by atoms with Crippen LogP contribution in [0.25, 0.3) is 11.1 Å². The van der Waals surface area contributed by atoms with Crippen LogP contribution in [0.2, 0.25) is 0 Å². The molecule has 2 N–H and O–H groups in total. The molecule has 2 rings (SSSR count). The Morgan fingerprint density at radius 3 is 2.22 bits per heavy atom. The zero-order valence-electron chi connectivity index (χ0n) is 10.8. The average molecular weight is 240 g/mol. The molecular formula is C15H16N2O. The maximum atomic E-state index is 11.0. The molecular weight excluding hydrogens is 224 g/mol. The summed E-state index contributed by atoms with van der Waals surface area (Å²) in [6.45, 7) is 6.05. The van der Waals surface area contributed by atoms with Crippen LogP contribution in [0.3, 0.4) is 0 Å². The predicted molar refractivity (Wildman–Crippen MR) is 72.4 cm³/mol. The highest BCUT2D eigenvalue weighted by Gasteiger charge is 2.08. The Morgan fingerprint density at radius 2 is 1.72 bits per heavy atom. The summed E-state index contributed by atoms with van der Waals surface area (Å²) in [6.07, 6.45) is 0. The van der Waals surface area contributed by atoms with Crippen molar-refractivity contribution in [3.05, 3.63) is 52.8 Å². The molecule has 1 amide bonds. The van der Waals surface area contributed by atoms with Gasteiger partial charge in [-0.15, -0.1) is 0 Å². The minimum Gasteiger partial charge on any atom is -0.366 e. The molecule has 92 valence electrons. The SMILES string of the molecule is Cc1cc(C)c(-c2ccc(C(N)=O)cc2)c(C)n1. The van der Waals surface area contributed by atoms with Gasteiger partial charge in [0.1, 0.15) is 0 Å². The Balaban J connectivity index is 2.52. The third kappa shape index (κ3) is 2.25. The minimum absolute atomic E-state index is 0.406. The summed E-state index contributed by atoms with van der Waals surface area (Å²) in [5.41, 5.74) is 11.1. The summed E-state index contributed by atoms with van der Waals surface area (Å²) in [5.74, 6) is -0.406. The molecule has 0 aliphatic carbocycles. The number of pyridine rings is 1. The molecule has 1 heterocycles. The van der Waals surface area contributed by atoms with Gasteiger partial charge in [0.05, 0.1) is 0 Å². The maximum Gasteiger partial charge on any atom is 0.248 e. The van der Waals surface area contributed by atoms with Crippen molar-refractivity contribution in [3.63, 3.8) is 0 Å². The number of nitrogens with zero attached hydrogens (tertiary/aromatic N) is 1. The van der Waals surface area contributed by atoms with Crippen molar-refractivity contribution >= 4 is 5.91 Å². The van der Waals surface area contributed by atoms with Crippen molar-refractivity contribution in [1.82, 2.24) is 4.98 Å². The lowest BCUT2D eigenvalue weighted by molar-refractivity contribution is 0.100. The smallest absolute Gasteiger partial charge is 0.248 e. The van der Waals surface area contributed by atoms with E-state index in [9.17, 15) is 4.79 Å². The van der Waals surface area contributed by atoms with Gasteiger partial charge in [-0.3, -0.25) is 9.78 Å². The zero-order chi connectivity index (χ0) is 13.3. The summed E-state index contributed by atoms with van der Waals surface area (Å²) < 4.78 is 0.